The van der Waals surface area contributed by atoms with Crippen molar-refractivity contribution in [3.8, 4) is 0 Å². The molecule has 132 valence electrons. The van der Waals surface area contributed by atoms with Gasteiger partial charge in [-0.15, -0.1) is 0 Å². The van der Waals surface area contributed by atoms with E-state index in [4.69, 9.17) is 0 Å². The smallest absolute Gasteiger partial charge is 1.00 e. The van der Waals surface area contributed by atoms with Crippen LogP contribution >= 0.6 is 0 Å². The van der Waals surface area contributed by atoms with Crippen LogP contribution < -0.4 is 9.41 Å². The third-order valence-electron chi connectivity index (χ3n) is 3.51. The van der Waals surface area contributed by atoms with Gasteiger partial charge in [0, 0.05) is 0 Å². The van der Waals surface area contributed by atoms with Gasteiger partial charge in [0.25, 0.3) is 0 Å². The molecule has 4 nitrogen and oxygen atoms in total. The fourth-order valence-electron chi connectivity index (χ4n) is 2.10. The number of benzene rings is 2. The zero-order chi connectivity index (χ0) is 17.0. The first-order chi connectivity index (χ1) is 10.9. The SMILES string of the molecule is Cc1ccc(C(=O)[N](C)[Zr+2][N](C)C(=O)c2ccc(C)cc2)cc1.[F-].[F-]. The molecule has 2 aromatic rings. The van der Waals surface area contributed by atoms with E-state index < -0.39 is 23.8 Å². The van der Waals surface area contributed by atoms with Gasteiger partial charge in [-0.3, -0.25) is 0 Å². The summed E-state index contributed by atoms with van der Waals surface area (Å²) < 4.78 is 3.42. The molecule has 25 heavy (non-hydrogen) atoms. The zero-order valence-corrected chi connectivity index (χ0v) is 17.0. The Balaban J connectivity index is 0.00000288. The summed E-state index contributed by atoms with van der Waals surface area (Å²) in [6.45, 7) is 3.98. The second-order valence-electron chi connectivity index (χ2n) is 5.56. The van der Waals surface area contributed by atoms with Crippen molar-refractivity contribution in [2.75, 3.05) is 14.1 Å². The van der Waals surface area contributed by atoms with E-state index in [2.05, 4.69) is 0 Å². The fraction of sp³-hybridized carbons (Fsp3) is 0.222. The van der Waals surface area contributed by atoms with Crippen molar-refractivity contribution in [1.29, 1.82) is 0 Å². The van der Waals surface area contributed by atoms with Gasteiger partial charge in [-0.1, -0.05) is 0 Å². The predicted molar refractivity (Wildman–Crippen MR) is 86.5 cm³/mol. The zero-order valence-electron chi connectivity index (χ0n) is 14.6. The van der Waals surface area contributed by atoms with Crippen LogP contribution in [0.3, 0.4) is 0 Å². The van der Waals surface area contributed by atoms with E-state index in [0.717, 1.165) is 11.1 Å². The van der Waals surface area contributed by atoms with E-state index in [-0.39, 0.29) is 21.2 Å². The molecule has 0 spiro atoms. The van der Waals surface area contributed by atoms with Gasteiger partial charge >= 0.3 is 150 Å². The number of hydrogen-bond acceptors (Lipinski definition) is 2. The maximum Gasteiger partial charge on any atom is -1.00 e. The normalized spacial score (nSPS) is 9.12. The first kappa shape index (κ1) is 23.1. The Kier molecular flexibility index (Phi) is 9.43. The average molecular weight is 426 g/mol. The van der Waals surface area contributed by atoms with Gasteiger partial charge in [0.1, 0.15) is 0 Å². The summed E-state index contributed by atoms with van der Waals surface area (Å²) in [5.41, 5.74) is 3.57. The molecular weight excluding hydrogens is 405 g/mol. The second-order valence-corrected chi connectivity index (χ2v) is 9.35. The van der Waals surface area contributed by atoms with Crippen molar-refractivity contribution in [3.05, 3.63) is 70.8 Å². The Morgan fingerprint density at radius 3 is 1.24 bits per heavy atom. The summed E-state index contributed by atoms with van der Waals surface area (Å²) in [5, 5.41) is 0. The van der Waals surface area contributed by atoms with Gasteiger partial charge in [-0.25, -0.2) is 0 Å². The third-order valence-corrected chi connectivity index (χ3v) is 5.98. The van der Waals surface area contributed by atoms with Crippen molar-refractivity contribution in [1.82, 2.24) is 5.69 Å². The maximum absolute atomic E-state index is 12.4. The minimum atomic E-state index is -1.49. The number of halogens is 2. The van der Waals surface area contributed by atoms with Crippen molar-refractivity contribution >= 4 is 11.8 Å². The number of aryl methyl sites for hydroxylation is 2. The molecule has 0 aromatic heterocycles. The fourth-order valence-corrected chi connectivity index (χ4v) is 4.28. The minimum Gasteiger partial charge on any atom is -1.00 e. The molecule has 0 aliphatic heterocycles. The summed E-state index contributed by atoms with van der Waals surface area (Å²) in [7, 11) is 3.54. The second kappa shape index (κ2) is 10.2. The van der Waals surface area contributed by atoms with Crippen molar-refractivity contribution in [3.63, 3.8) is 0 Å². The average Bonchev–Trinajstić information content (AvgIpc) is 2.54. The topological polar surface area (TPSA) is 40.6 Å². The molecule has 0 saturated carbocycles. The first-order valence-corrected chi connectivity index (χ1v) is 9.54. The molecule has 0 N–H and O–H groups in total. The quantitative estimate of drug-likeness (QED) is 0.526. The van der Waals surface area contributed by atoms with E-state index in [9.17, 15) is 9.59 Å². The molecule has 2 rings (SSSR count). The standard InChI is InChI=1S/2C9H11NO.2FH.Zr/c2*1-7-3-5-8(6-4-7)9(11)10-2;;;/h2*3-6H,1-2H3,(H,10,11);2*1H;/q;;;;+4/p-4. The molecule has 0 saturated heterocycles. The molecule has 0 atom stereocenters. The van der Waals surface area contributed by atoms with Gasteiger partial charge < -0.3 is 9.41 Å². The first-order valence-electron chi connectivity index (χ1n) is 7.34. The van der Waals surface area contributed by atoms with Crippen LogP contribution in [-0.2, 0) is 23.8 Å². The maximum atomic E-state index is 12.4. The van der Waals surface area contributed by atoms with E-state index in [1.165, 1.54) is 0 Å². The summed E-state index contributed by atoms with van der Waals surface area (Å²) in [6, 6.07) is 15.0. The van der Waals surface area contributed by atoms with Crippen LogP contribution in [0, 0.1) is 13.8 Å². The summed E-state index contributed by atoms with van der Waals surface area (Å²) in [5.74, 6) is -0.0553. The molecule has 0 aliphatic carbocycles. The molecular formula is C18H20F2N2O2Zr. The van der Waals surface area contributed by atoms with Gasteiger partial charge in [0.2, 0.25) is 0 Å². The molecule has 0 unspecified atom stereocenters. The summed E-state index contributed by atoms with van der Waals surface area (Å²) in [4.78, 5) is 24.9. The molecule has 7 heteroatoms. The number of carbonyl (C=O) groups excluding carboxylic acids is 2. The third kappa shape index (κ3) is 6.16. The predicted octanol–water partition coefficient (Wildman–Crippen LogP) is -2.93. The number of carbonyl (C=O) groups is 2. The van der Waals surface area contributed by atoms with Gasteiger partial charge in [-0.05, 0) is 0 Å². The Bertz CT molecular complexity index is 645. The minimum absolute atomic E-state index is 0. The van der Waals surface area contributed by atoms with Crippen molar-refractivity contribution < 1.29 is 42.8 Å². The van der Waals surface area contributed by atoms with E-state index in [1.807, 2.05) is 62.4 Å². The van der Waals surface area contributed by atoms with Crippen molar-refractivity contribution in [2.45, 2.75) is 13.8 Å². The van der Waals surface area contributed by atoms with Gasteiger partial charge in [0.15, 0.2) is 0 Å². The van der Waals surface area contributed by atoms with Crippen LogP contribution in [-0.4, -0.2) is 31.6 Å². The summed E-state index contributed by atoms with van der Waals surface area (Å²) >= 11 is -1.49. The van der Waals surface area contributed by atoms with Crippen LogP contribution in [0.1, 0.15) is 31.8 Å². The number of nitrogens with zero attached hydrogens (tertiary/aromatic N) is 2. The van der Waals surface area contributed by atoms with Crippen LogP contribution in [0.15, 0.2) is 48.5 Å². The molecule has 0 fully saturated rings. The molecule has 0 bridgehead atoms. The van der Waals surface area contributed by atoms with Crippen LogP contribution in [0.2, 0.25) is 0 Å². The van der Waals surface area contributed by atoms with E-state index >= 15 is 0 Å². The molecule has 0 radical (unpaired) electrons. The summed E-state index contributed by atoms with van der Waals surface area (Å²) in [6.07, 6.45) is 0. The Morgan fingerprint density at radius 2 is 0.960 bits per heavy atom. The van der Waals surface area contributed by atoms with Crippen LogP contribution in [0.4, 0.5) is 0 Å². The van der Waals surface area contributed by atoms with Gasteiger partial charge in [-0.2, -0.15) is 0 Å². The van der Waals surface area contributed by atoms with Gasteiger partial charge in [0.05, 0.1) is 0 Å². The van der Waals surface area contributed by atoms with Crippen molar-refractivity contribution in [2.24, 2.45) is 0 Å². The molecule has 0 heterocycles. The number of amides is 2. The largest absolute Gasteiger partial charge is 1.00 e. The Hall–Kier alpha value is -1.88. The Labute approximate surface area is 158 Å². The molecule has 0 aliphatic rings. The van der Waals surface area contributed by atoms with Crippen LogP contribution in [0.25, 0.3) is 0 Å². The number of rotatable bonds is 4. The van der Waals surface area contributed by atoms with E-state index in [1.54, 1.807) is 19.8 Å². The molecule has 2 amide bonds. The monoisotopic (exact) mass is 424 g/mol. The molecule has 2 aromatic carbocycles. The Morgan fingerprint density at radius 1 is 0.680 bits per heavy atom. The van der Waals surface area contributed by atoms with E-state index in [0.29, 0.717) is 11.1 Å². The number of hydrogen-bond donors (Lipinski definition) is 0. The van der Waals surface area contributed by atoms with Crippen LogP contribution in [0.5, 0.6) is 0 Å².